The minimum atomic E-state index is 0.468. The maximum Gasteiger partial charge on any atom is 0.207 e. The van der Waals surface area contributed by atoms with E-state index in [1.165, 1.54) is 0 Å². The molecule has 0 amide bonds. The van der Waals surface area contributed by atoms with Crippen LogP contribution in [-0.4, -0.2) is 22.8 Å². The van der Waals surface area contributed by atoms with Crippen molar-refractivity contribution in [1.29, 1.82) is 5.26 Å². The third kappa shape index (κ3) is 3.56. The van der Waals surface area contributed by atoms with Crippen molar-refractivity contribution in [2.24, 2.45) is 4.99 Å². The van der Waals surface area contributed by atoms with Crippen LogP contribution >= 0.6 is 11.6 Å². The summed E-state index contributed by atoms with van der Waals surface area (Å²) in [6.07, 6.45) is 1.75. The van der Waals surface area contributed by atoms with Crippen LogP contribution < -0.4 is 0 Å². The van der Waals surface area contributed by atoms with Crippen molar-refractivity contribution in [1.82, 2.24) is 9.88 Å². The molecule has 1 aromatic rings. The Kier molecular flexibility index (Phi) is 4.07. The first-order valence-electron chi connectivity index (χ1n) is 4.39. The number of hydrogen-bond donors (Lipinski definition) is 0. The molecule has 0 bridgehead atoms. The van der Waals surface area contributed by atoms with Crippen molar-refractivity contribution in [3.63, 3.8) is 0 Å². The summed E-state index contributed by atoms with van der Waals surface area (Å²) < 4.78 is 0. The fraction of sp³-hybridized carbons (Fsp3) is 0.300. The van der Waals surface area contributed by atoms with E-state index in [-0.39, 0.29) is 0 Å². The lowest BCUT2D eigenvalue weighted by Crippen LogP contribution is -2.23. The van der Waals surface area contributed by atoms with E-state index in [2.05, 4.69) is 9.98 Å². The van der Waals surface area contributed by atoms with Crippen LogP contribution in [0, 0.1) is 11.5 Å². The van der Waals surface area contributed by atoms with E-state index in [4.69, 9.17) is 16.9 Å². The summed E-state index contributed by atoms with van der Waals surface area (Å²) in [5.41, 5.74) is 0.845. The van der Waals surface area contributed by atoms with E-state index in [9.17, 15) is 0 Å². The standard InChI is InChI=1S/C10H11ClN4/c1-8(13-7-12)15(2)6-9-4-3-5-10(11)14-9/h3-5H,6H2,1-2H3. The highest BCUT2D eigenvalue weighted by molar-refractivity contribution is 6.29. The molecule has 1 rings (SSSR count). The summed E-state index contributed by atoms with van der Waals surface area (Å²) in [6.45, 7) is 2.35. The molecule has 1 heterocycles. The molecule has 0 radical (unpaired) electrons. The van der Waals surface area contributed by atoms with Gasteiger partial charge in [0, 0.05) is 7.05 Å². The summed E-state index contributed by atoms with van der Waals surface area (Å²) in [7, 11) is 1.85. The van der Waals surface area contributed by atoms with Crippen LogP contribution in [0.1, 0.15) is 12.6 Å². The third-order valence-corrected chi connectivity index (χ3v) is 2.15. The van der Waals surface area contributed by atoms with Crippen molar-refractivity contribution >= 4 is 17.4 Å². The molecule has 0 fully saturated rings. The Morgan fingerprint density at radius 3 is 3.00 bits per heavy atom. The molecule has 0 spiro atoms. The fourth-order valence-corrected chi connectivity index (χ4v) is 1.23. The number of hydrogen-bond acceptors (Lipinski definition) is 3. The predicted octanol–water partition coefficient (Wildman–Crippen LogP) is 2.07. The molecule has 0 unspecified atom stereocenters. The van der Waals surface area contributed by atoms with Crippen molar-refractivity contribution in [2.75, 3.05) is 7.05 Å². The van der Waals surface area contributed by atoms with Gasteiger partial charge in [-0.05, 0) is 19.1 Å². The predicted molar refractivity (Wildman–Crippen MR) is 59.4 cm³/mol. The van der Waals surface area contributed by atoms with E-state index < -0.39 is 0 Å². The molecule has 15 heavy (non-hydrogen) atoms. The van der Waals surface area contributed by atoms with Crippen LogP contribution in [0.25, 0.3) is 0 Å². The lowest BCUT2D eigenvalue weighted by molar-refractivity contribution is 0.490. The van der Waals surface area contributed by atoms with Gasteiger partial charge in [0.2, 0.25) is 6.19 Å². The largest absolute Gasteiger partial charge is 0.357 e. The summed E-state index contributed by atoms with van der Waals surface area (Å²) in [6, 6.07) is 5.44. The molecule has 0 atom stereocenters. The molecule has 5 heteroatoms. The van der Waals surface area contributed by atoms with Gasteiger partial charge in [0.25, 0.3) is 0 Å². The van der Waals surface area contributed by atoms with Gasteiger partial charge in [-0.15, -0.1) is 0 Å². The molecular formula is C10H11ClN4. The second kappa shape index (κ2) is 5.32. The van der Waals surface area contributed by atoms with Crippen LogP contribution in [0.4, 0.5) is 0 Å². The molecule has 0 N–H and O–H groups in total. The second-order valence-corrected chi connectivity index (χ2v) is 3.45. The number of halogens is 1. The van der Waals surface area contributed by atoms with Gasteiger partial charge in [-0.2, -0.15) is 10.3 Å². The topological polar surface area (TPSA) is 52.3 Å². The Hall–Kier alpha value is -1.60. The van der Waals surface area contributed by atoms with Crippen molar-refractivity contribution in [3.05, 3.63) is 29.0 Å². The molecular weight excluding hydrogens is 212 g/mol. The molecule has 4 nitrogen and oxygen atoms in total. The molecule has 0 aliphatic carbocycles. The van der Waals surface area contributed by atoms with Gasteiger partial charge in [0.15, 0.2) is 0 Å². The van der Waals surface area contributed by atoms with Crippen LogP contribution in [0.15, 0.2) is 23.2 Å². The summed E-state index contributed by atoms with van der Waals surface area (Å²) in [5.74, 6) is 0.652. The number of pyridine rings is 1. The van der Waals surface area contributed by atoms with Crippen LogP contribution in [0.5, 0.6) is 0 Å². The van der Waals surface area contributed by atoms with Crippen molar-refractivity contribution < 1.29 is 0 Å². The van der Waals surface area contributed by atoms with Gasteiger partial charge in [-0.3, -0.25) is 0 Å². The van der Waals surface area contributed by atoms with Crippen molar-refractivity contribution in [2.45, 2.75) is 13.5 Å². The van der Waals surface area contributed by atoms with Gasteiger partial charge in [0.05, 0.1) is 12.2 Å². The highest BCUT2D eigenvalue weighted by Crippen LogP contribution is 2.07. The number of nitriles is 1. The van der Waals surface area contributed by atoms with E-state index in [0.717, 1.165) is 5.69 Å². The Morgan fingerprint density at radius 2 is 2.40 bits per heavy atom. The average molecular weight is 223 g/mol. The first-order chi connectivity index (χ1) is 7.13. The van der Waals surface area contributed by atoms with Gasteiger partial charge in [-0.1, -0.05) is 17.7 Å². The quantitative estimate of drug-likeness (QED) is 0.333. The van der Waals surface area contributed by atoms with E-state index >= 15 is 0 Å². The minimum Gasteiger partial charge on any atom is -0.357 e. The number of aliphatic imine (C=N–C) groups is 1. The number of nitrogens with zero attached hydrogens (tertiary/aromatic N) is 4. The lowest BCUT2D eigenvalue weighted by Gasteiger charge is -2.16. The van der Waals surface area contributed by atoms with E-state index in [1.807, 2.05) is 24.1 Å². The Bertz CT molecular complexity index is 408. The molecule has 0 aliphatic rings. The fourth-order valence-electron chi connectivity index (χ4n) is 1.05. The van der Waals surface area contributed by atoms with Gasteiger partial charge in [-0.25, -0.2) is 4.98 Å². The van der Waals surface area contributed by atoms with Crippen molar-refractivity contribution in [3.8, 4) is 6.19 Å². The summed E-state index contributed by atoms with van der Waals surface area (Å²) >= 11 is 5.76. The zero-order valence-electron chi connectivity index (χ0n) is 8.61. The number of rotatable bonds is 2. The zero-order chi connectivity index (χ0) is 11.3. The maximum atomic E-state index is 8.39. The minimum absolute atomic E-state index is 0.468. The third-order valence-electron chi connectivity index (χ3n) is 1.94. The van der Waals surface area contributed by atoms with E-state index in [0.29, 0.717) is 17.5 Å². The Morgan fingerprint density at radius 1 is 1.67 bits per heavy atom. The molecule has 0 aromatic carbocycles. The van der Waals surface area contributed by atoms with Crippen LogP contribution in [-0.2, 0) is 6.54 Å². The molecule has 0 aliphatic heterocycles. The lowest BCUT2D eigenvalue weighted by atomic mass is 10.3. The SMILES string of the molecule is CC(=NC#N)N(C)Cc1cccc(Cl)n1. The summed E-state index contributed by atoms with van der Waals surface area (Å²) in [4.78, 5) is 9.61. The van der Waals surface area contributed by atoms with Crippen LogP contribution in [0.3, 0.4) is 0 Å². The van der Waals surface area contributed by atoms with Gasteiger partial charge in [0.1, 0.15) is 11.0 Å². The maximum absolute atomic E-state index is 8.39. The molecule has 1 aromatic heterocycles. The highest BCUT2D eigenvalue weighted by atomic mass is 35.5. The first kappa shape index (κ1) is 11.5. The second-order valence-electron chi connectivity index (χ2n) is 3.07. The molecule has 0 saturated heterocycles. The smallest absolute Gasteiger partial charge is 0.207 e. The number of aromatic nitrogens is 1. The van der Waals surface area contributed by atoms with Crippen LogP contribution in [0.2, 0.25) is 5.15 Å². The Balaban J connectivity index is 2.71. The highest BCUT2D eigenvalue weighted by Gasteiger charge is 2.03. The molecule has 0 saturated carbocycles. The molecule has 78 valence electrons. The summed E-state index contributed by atoms with van der Waals surface area (Å²) in [5, 5.41) is 8.86. The normalized spacial score (nSPS) is 10.9. The Labute approximate surface area is 93.8 Å². The zero-order valence-corrected chi connectivity index (χ0v) is 9.36. The number of amidine groups is 1. The first-order valence-corrected chi connectivity index (χ1v) is 4.77. The van der Waals surface area contributed by atoms with Gasteiger partial charge < -0.3 is 4.90 Å². The average Bonchev–Trinajstić information content (AvgIpc) is 2.18. The monoisotopic (exact) mass is 222 g/mol. The van der Waals surface area contributed by atoms with Gasteiger partial charge >= 0.3 is 0 Å². The van der Waals surface area contributed by atoms with E-state index in [1.54, 1.807) is 19.2 Å².